The minimum Gasteiger partial charge on any atom is -0.444 e. The van der Waals surface area contributed by atoms with Crippen LogP contribution in [0.4, 0.5) is 4.79 Å². The maximum atomic E-state index is 12.3. The van der Waals surface area contributed by atoms with Crippen molar-refractivity contribution in [2.45, 2.75) is 71.6 Å². The summed E-state index contributed by atoms with van der Waals surface area (Å²) in [5, 5.41) is 1.68. The SMILES string of the molecule is Cc1nc(Cl)c(CN(CC2CC2)C2CCN(C(=O)OC(C)(C)C)CC2)s1. The number of rotatable bonds is 5. The van der Waals surface area contributed by atoms with Gasteiger partial charge in [0, 0.05) is 32.2 Å². The van der Waals surface area contributed by atoms with Gasteiger partial charge in [-0.15, -0.1) is 11.3 Å². The molecular formula is C19H30ClN3O2S. The highest BCUT2D eigenvalue weighted by Gasteiger charge is 2.33. The molecule has 0 unspecified atom stereocenters. The molecule has 0 spiro atoms. The Bertz CT molecular complexity index is 631. The fourth-order valence-electron chi connectivity index (χ4n) is 3.44. The molecule has 1 amide bonds. The van der Waals surface area contributed by atoms with Gasteiger partial charge in [0.05, 0.1) is 9.88 Å². The monoisotopic (exact) mass is 399 g/mol. The molecule has 0 atom stereocenters. The van der Waals surface area contributed by atoms with Crippen LogP contribution in [0.15, 0.2) is 0 Å². The van der Waals surface area contributed by atoms with Crippen molar-refractivity contribution < 1.29 is 9.53 Å². The van der Waals surface area contributed by atoms with Crippen molar-refractivity contribution >= 4 is 29.0 Å². The van der Waals surface area contributed by atoms with E-state index in [-0.39, 0.29) is 6.09 Å². The summed E-state index contributed by atoms with van der Waals surface area (Å²) in [7, 11) is 0. The van der Waals surface area contributed by atoms with E-state index in [1.807, 2.05) is 32.6 Å². The predicted molar refractivity (Wildman–Crippen MR) is 106 cm³/mol. The van der Waals surface area contributed by atoms with Crippen LogP contribution in [0, 0.1) is 12.8 Å². The Hall–Kier alpha value is -0.850. The molecule has 2 heterocycles. The summed E-state index contributed by atoms with van der Waals surface area (Å²) in [6, 6.07) is 0.493. The van der Waals surface area contributed by atoms with Gasteiger partial charge in [0.15, 0.2) is 0 Å². The Balaban J connectivity index is 1.58. The van der Waals surface area contributed by atoms with E-state index in [0.29, 0.717) is 11.2 Å². The second kappa shape index (κ2) is 8.03. The molecule has 1 saturated heterocycles. The lowest BCUT2D eigenvalue weighted by atomic mass is 10.0. The van der Waals surface area contributed by atoms with Crippen LogP contribution in [0.2, 0.25) is 5.15 Å². The summed E-state index contributed by atoms with van der Waals surface area (Å²) in [4.78, 5) is 22.2. The number of carbonyl (C=O) groups excluding carboxylic acids is 1. The van der Waals surface area contributed by atoms with E-state index in [9.17, 15) is 4.79 Å². The second-order valence-corrected chi connectivity index (χ2v) is 10.2. The van der Waals surface area contributed by atoms with Crippen LogP contribution in [0.5, 0.6) is 0 Å². The lowest BCUT2D eigenvalue weighted by Gasteiger charge is -2.39. The topological polar surface area (TPSA) is 45.7 Å². The van der Waals surface area contributed by atoms with E-state index in [0.717, 1.165) is 49.9 Å². The number of ether oxygens (including phenoxy) is 1. The molecule has 2 aliphatic rings. The van der Waals surface area contributed by atoms with Crippen molar-refractivity contribution in [2.24, 2.45) is 5.92 Å². The van der Waals surface area contributed by atoms with Gasteiger partial charge in [0.2, 0.25) is 0 Å². The maximum Gasteiger partial charge on any atom is 0.410 e. The standard InChI is InChI=1S/C19H30ClN3O2S/c1-13-21-17(20)16(26-13)12-23(11-14-5-6-14)15-7-9-22(10-8-15)18(24)25-19(2,3)4/h14-15H,5-12H2,1-4H3. The molecule has 3 rings (SSSR count). The third kappa shape index (κ3) is 5.57. The van der Waals surface area contributed by atoms with Crippen molar-refractivity contribution in [2.75, 3.05) is 19.6 Å². The number of nitrogens with zero attached hydrogens (tertiary/aromatic N) is 3. The van der Waals surface area contributed by atoms with Crippen LogP contribution < -0.4 is 0 Å². The molecule has 0 N–H and O–H groups in total. The van der Waals surface area contributed by atoms with E-state index in [1.165, 1.54) is 17.7 Å². The zero-order valence-electron chi connectivity index (χ0n) is 16.3. The Labute approximate surface area is 165 Å². The van der Waals surface area contributed by atoms with Gasteiger partial charge in [-0.1, -0.05) is 11.6 Å². The van der Waals surface area contributed by atoms with Gasteiger partial charge in [-0.05, 0) is 59.3 Å². The van der Waals surface area contributed by atoms with Gasteiger partial charge in [0.1, 0.15) is 10.8 Å². The quantitative estimate of drug-likeness (QED) is 0.718. The summed E-state index contributed by atoms with van der Waals surface area (Å²) in [6.45, 7) is 11.3. The van der Waals surface area contributed by atoms with Crippen LogP contribution in [0.3, 0.4) is 0 Å². The summed E-state index contributed by atoms with van der Waals surface area (Å²) in [5.41, 5.74) is -0.438. The van der Waals surface area contributed by atoms with Gasteiger partial charge in [-0.3, -0.25) is 4.90 Å². The highest BCUT2D eigenvalue weighted by atomic mass is 35.5. The van der Waals surface area contributed by atoms with Crippen molar-refractivity contribution in [3.63, 3.8) is 0 Å². The van der Waals surface area contributed by atoms with E-state index < -0.39 is 5.60 Å². The zero-order chi connectivity index (χ0) is 18.9. The summed E-state index contributed by atoms with van der Waals surface area (Å²) >= 11 is 8.01. The molecule has 2 fully saturated rings. The molecule has 1 aliphatic carbocycles. The molecule has 0 aromatic carbocycles. The number of hydrogen-bond donors (Lipinski definition) is 0. The van der Waals surface area contributed by atoms with E-state index in [4.69, 9.17) is 16.3 Å². The van der Waals surface area contributed by atoms with Gasteiger partial charge >= 0.3 is 6.09 Å². The molecule has 1 saturated carbocycles. The minimum absolute atomic E-state index is 0.189. The Morgan fingerprint density at radius 3 is 2.46 bits per heavy atom. The van der Waals surface area contributed by atoms with Crippen LogP contribution in [-0.4, -0.2) is 52.2 Å². The highest BCUT2D eigenvalue weighted by molar-refractivity contribution is 7.12. The van der Waals surface area contributed by atoms with Gasteiger partial charge in [-0.25, -0.2) is 9.78 Å². The summed E-state index contributed by atoms with van der Waals surface area (Å²) < 4.78 is 5.51. The smallest absolute Gasteiger partial charge is 0.410 e. The van der Waals surface area contributed by atoms with Gasteiger partial charge in [-0.2, -0.15) is 0 Å². The van der Waals surface area contributed by atoms with Crippen molar-refractivity contribution in [1.82, 2.24) is 14.8 Å². The first-order valence-electron chi connectivity index (χ1n) is 9.55. The van der Waals surface area contributed by atoms with E-state index >= 15 is 0 Å². The third-order valence-electron chi connectivity index (χ3n) is 4.93. The van der Waals surface area contributed by atoms with E-state index in [2.05, 4.69) is 9.88 Å². The van der Waals surface area contributed by atoms with Gasteiger partial charge < -0.3 is 9.64 Å². The molecule has 5 nitrogen and oxygen atoms in total. The number of hydrogen-bond acceptors (Lipinski definition) is 5. The lowest BCUT2D eigenvalue weighted by Crippen LogP contribution is -2.48. The van der Waals surface area contributed by atoms with Crippen molar-refractivity contribution in [1.29, 1.82) is 0 Å². The number of halogens is 1. The zero-order valence-corrected chi connectivity index (χ0v) is 17.8. The number of aromatic nitrogens is 1. The first-order chi connectivity index (χ1) is 12.2. The predicted octanol–water partition coefficient (Wildman–Crippen LogP) is 4.72. The van der Waals surface area contributed by atoms with Crippen LogP contribution in [-0.2, 0) is 11.3 Å². The largest absolute Gasteiger partial charge is 0.444 e. The summed E-state index contributed by atoms with van der Waals surface area (Å²) in [5.74, 6) is 0.826. The van der Waals surface area contributed by atoms with Crippen molar-refractivity contribution in [3.8, 4) is 0 Å². The lowest BCUT2D eigenvalue weighted by molar-refractivity contribution is 0.0134. The highest BCUT2D eigenvalue weighted by Crippen LogP contribution is 2.34. The number of carbonyl (C=O) groups is 1. The van der Waals surface area contributed by atoms with E-state index in [1.54, 1.807) is 11.3 Å². The first-order valence-corrected chi connectivity index (χ1v) is 10.7. The number of aryl methyl sites for hydroxylation is 1. The molecule has 146 valence electrons. The number of thiazole rings is 1. The summed E-state index contributed by atoms with van der Waals surface area (Å²) in [6.07, 6.45) is 4.46. The Morgan fingerprint density at radius 1 is 1.31 bits per heavy atom. The molecule has 0 bridgehead atoms. The third-order valence-corrected chi connectivity index (χ3v) is 6.31. The fourth-order valence-corrected chi connectivity index (χ4v) is 4.65. The molecule has 26 heavy (non-hydrogen) atoms. The molecule has 1 aromatic heterocycles. The molecular weight excluding hydrogens is 370 g/mol. The Morgan fingerprint density at radius 2 is 1.96 bits per heavy atom. The average Bonchev–Trinajstić information content (AvgIpc) is 3.30. The number of piperidine rings is 1. The second-order valence-electron chi connectivity index (χ2n) is 8.52. The normalized spacial score (nSPS) is 19.2. The van der Waals surface area contributed by atoms with Crippen LogP contribution in [0.1, 0.15) is 56.3 Å². The number of likely N-dealkylation sites (tertiary alicyclic amines) is 1. The van der Waals surface area contributed by atoms with Crippen LogP contribution >= 0.6 is 22.9 Å². The molecule has 1 aromatic rings. The fraction of sp³-hybridized carbons (Fsp3) is 0.789. The van der Waals surface area contributed by atoms with Gasteiger partial charge in [0.25, 0.3) is 0 Å². The molecule has 1 aliphatic heterocycles. The van der Waals surface area contributed by atoms with Crippen LogP contribution in [0.25, 0.3) is 0 Å². The van der Waals surface area contributed by atoms with Crippen molar-refractivity contribution in [3.05, 3.63) is 15.0 Å². The number of amides is 1. The first kappa shape index (κ1) is 19.9. The maximum absolute atomic E-state index is 12.3. The molecule has 0 radical (unpaired) electrons. The average molecular weight is 400 g/mol. The minimum atomic E-state index is -0.438. The Kier molecular flexibility index (Phi) is 6.14. The molecule has 7 heteroatoms.